The van der Waals surface area contributed by atoms with Crippen molar-refractivity contribution in [3.05, 3.63) is 52.3 Å². The van der Waals surface area contributed by atoms with Crippen LogP contribution in [0.25, 0.3) is 0 Å². The highest BCUT2D eigenvalue weighted by molar-refractivity contribution is 6.35. The van der Waals surface area contributed by atoms with Crippen LogP contribution >= 0.6 is 23.2 Å². The van der Waals surface area contributed by atoms with Gasteiger partial charge in [-0.05, 0) is 18.2 Å². The number of benzene rings is 1. The summed E-state index contributed by atoms with van der Waals surface area (Å²) in [5.74, 6) is 0.472. The van der Waals surface area contributed by atoms with Crippen molar-refractivity contribution >= 4 is 29.5 Å². The molecule has 5 nitrogen and oxygen atoms in total. The van der Waals surface area contributed by atoms with E-state index in [0.29, 0.717) is 34.3 Å². The van der Waals surface area contributed by atoms with E-state index in [2.05, 4.69) is 16.9 Å². The van der Waals surface area contributed by atoms with Gasteiger partial charge in [-0.3, -0.25) is 4.79 Å². The highest BCUT2D eigenvalue weighted by Crippen LogP contribution is 2.28. The fourth-order valence-electron chi connectivity index (χ4n) is 1.59. The first-order chi connectivity index (χ1) is 9.65. The Morgan fingerprint density at radius 3 is 2.85 bits per heavy atom. The van der Waals surface area contributed by atoms with Gasteiger partial charge in [0.25, 0.3) is 0 Å². The minimum Gasteiger partial charge on any atom is -0.486 e. The average Bonchev–Trinajstić information content (AvgIpc) is 2.80. The molecular weight excluding hydrogens is 301 g/mol. The Morgan fingerprint density at radius 1 is 1.40 bits per heavy atom. The van der Waals surface area contributed by atoms with Crippen LogP contribution in [0, 0.1) is 0 Å². The van der Waals surface area contributed by atoms with Gasteiger partial charge in [0.1, 0.15) is 18.1 Å². The number of hydrogen-bond acceptors (Lipinski definition) is 4. The number of aromatic nitrogens is 3. The van der Waals surface area contributed by atoms with E-state index in [-0.39, 0.29) is 12.3 Å². The Bertz CT molecular complexity index is 641. The van der Waals surface area contributed by atoms with Crippen molar-refractivity contribution in [2.24, 2.45) is 0 Å². The Kier molecular flexibility index (Phi) is 4.76. The van der Waals surface area contributed by atoms with E-state index in [0.717, 1.165) is 0 Å². The average molecular weight is 312 g/mol. The van der Waals surface area contributed by atoms with E-state index in [9.17, 15) is 4.79 Å². The van der Waals surface area contributed by atoms with Gasteiger partial charge in [0.15, 0.2) is 12.0 Å². The van der Waals surface area contributed by atoms with E-state index in [4.69, 9.17) is 27.9 Å². The van der Waals surface area contributed by atoms with Crippen molar-refractivity contribution in [2.45, 2.75) is 13.2 Å². The lowest BCUT2D eigenvalue weighted by molar-refractivity contribution is 0.111. The maximum absolute atomic E-state index is 10.9. The molecule has 1 aromatic carbocycles. The lowest BCUT2D eigenvalue weighted by Crippen LogP contribution is -2.08. The topological polar surface area (TPSA) is 57.0 Å². The van der Waals surface area contributed by atoms with Gasteiger partial charge in [0, 0.05) is 5.02 Å². The van der Waals surface area contributed by atoms with Gasteiger partial charge in [-0.2, -0.15) is 0 Å². The predicted molar refractivity (Wildman–Crippen MR) is 76.4 cm³/mol. The number of hydrogen-bond donors (Lipinski definition) is 0. The minimum absolute atomic E-state index is 0.121. The molecule has 20 heavy (non-hydrogen) atoms. The van der Waals surface area contributed by atoms with Gasteiger partial charge >= 0.3 is 0 Å². The Balaban J connectivity index is 2.19. The standard InChI is InChI=1S/C13H11Cl2N3O2/c1-2-5-18-12(11(7-19)16-17-18)8-20-13-4-3-9(14)6-10(13)15/h2-4,6-7H,1,5,8H2. The fraction of sp³-hybridized carbons (Fsp3) is 0.154. The normalized spacial score (nSPS) is 10.3. The maximum atomic E-state index is 10.9. The summed E-state index contributed by atoms with van der Waals surface area (Å²) in [5.41, 5.74) is 0.794. The van der Waals surface area contributed by atoms with Crippen molar-refractivity contribution in [1.82, 2.24) is 15.0 Å². The quantitative estimate of drug-likeness (QED) is 0.607. The van der Waals surface area contributed by atoms with E-state index in [1.807, 2.05) is 0 Å². The molecule has 2 aromatic rings. The van der Waals surface area contributed by atoms with Crippen LogP contribution in [0.15, 0.2) is 30.9 Å². The van der Waals surface area contributed by atoms with Gasteiger partial charge < -0.3 is 4.74 Å². The van der Waals surface area contributed by atoms with E-state index in [1.54, 1.807) is 29.0 Å². The molecule has 0 unspecified atom stereocenters. The number of carbonyl (C=O) groups excluding carboxylic acids is 1. The molecule has 0 N–H and O–H groups in total. The molecule has 0 aliphatic heterocycles. The molecule has 7 heteroatoms. The van der Waals surface area contributed by atoms with E-state index in [1.165, 1.54) is 0 Å². The van der Waals surface area contributed by atoms with Crippen LogP contribution < -0.4 is 4.74 Å². The Hall–Kier alpha value is -1.85. The van der Waals surface area contributed by atoms with Crippen molar-refractivity contribution in [2.75, 3.05) is 0 Å². The van der Waals surface area contributed by atoms with E-state index >= 15 is 0 Å². The summed E-state index contributed by atoms with van der Waals surface area (Å²) in [7, 11) is 0. The highest BCUT2D eigenvalue weighted by atomic mass is 35.5. The van der Waals surface area contributed by atoms with Gasteiger partial charge in [0.2, 0.25) is 0 Å². The minimum atomic E-state index is 0.121. The molecular formula is C13H11Cl2N3O2. The van der Waals surface area contributed by atoms with Gasteiger partial charge in [-0.1, -0.05) is 34.5 Å². The molecule has 0 saturated carbocycles. The van der Waals surface area contributed by atoms with Gasteiger partial charge in [-0.25, -0.2) is 4.68 Å². The molecule has 0 bridgehead atoms. The van der Waals surface area contributed by atoms with Crippen LogP contribution in [0.4, 0.5) is 0 Å². The van der Waals surface area contributed by atoms with E-state index < -0.39 is 0 Å². The van der Waals surface area contributed by atoms with Crippen molar-refractivity contribution in [1.29, 1.82) is 0 Å². The number of nitrogens with zero attached hydrogens (tertiary/aromatic N) is 3. The second kappa shape index (κ2) is 6.54. The molecule has 0 fully saturated rings. The number of allylic oxidation sites excluding steroid dienone is 1. The summed E-state index contributed by atoms with van der Waals surface area (Å²) in [6, 6.07) is 4.91. The molecule has 0 aliphatic carbocycles. The Labute approximate surface area is 125 Å². The van der Waals surface area contributed by atoms with Crippen molar-refractivity contribution < 1.29 is 9.53 Å². The zero-order chi connectivity index (χ0) is 14.5. The first-order valence-electron chi connectivity index (χ1n) is 5.72. The number of ether oxygens (including phenoxy) is 1. The number of carbonyl (C=O) groups is 1. The summed E-state index contributed by atoms with van der Waals surface area (Å²) in [6.07, 6.45) is 2.29. The molecule has 0 saturated heterocycles. The van der Waals surface area contributed by atoms with Gasteiger partial charge in [0.05, 0.1) is 11.6 Å². The molecule has 0 spiro atoms. The molecule has 1 heterocycles. The molecule has 0 amide bonds. The lowest BCUT2D eigenvalue weighted by Gasteiger charge is -2.09. The third-order valence-corrected chi connectivity index (χ3v) is 3.07. The number of aldehydes is 1. The van der Waals surface area contributed by atoms with Crippen LogP contribution in [0.3, 0.4) is 0 Å². The second-order valence-corrected chi connectivity index (χ2v) is 4.72. The van der Waals surface area contributed by atoms with Crippen LogP contribution in [0.1, 0.15) is 16.2 Å². The Morgan fingerprint density at radius 2 is 2.20 bits per heavy atom. The summed E-state index contributed by atoms with van der Waals surface area (Å²) in [6.45, 7) is 4.18. The molecule has 1 aromatic heterocycles. The predicted octanol–water partition coefficient (Wildman–Crippen LogP) is 3.16. The third-order valence-electron chi connectivity index (χ3n) is 2.54. The van der Waals surface area contributed by atoms with Crippen LogP contribution in [-0.4, -0.2) is 21.3 Å². The molecule has 0 radical (unpaired) electrons. The zero-order valence-electron chi connectivity index (χ0n) is 10.4. The highest BCUT2D eigenvalue weighted by Gasteiger charge is 2.13. The summed E-state index contributed by atoms with van der Waals surface area (Å²) in [5, 5.41) is 8.54. The van der Waals surface area contributed by atoms with Crippen molar-refractivity contribution in [3.8, 4) is 5.75 Å². The summed E-state index contributed by atoms with van der Waals surface area (Å²) in [4.78, 5) is 10.9. The fourth-order valence-corrected chi connectivity index (χ4v) is 2.06. The van der Waals surface area contributed by atoms with Gasteiger partial charge in [-0.15, -0.1) is 11.7 Å². The largest absolute Gasteiger partial charge is 0.486 e. The van der Waals surface area contributed by atoms with Crippen molar-refractivity contribution in [3.63, 3.8) is 0 Å². The monoisotopic (exact) mass is 311 g/mol. The van der Waals surface area contributed by atoms with Crippen LogP contribution in [0.2, 0.25) is 10.0 Å². The summed E-state index contributed by atoms with van der Waals surface area (Å²) < 4.78 is 7.12. The summed E-state index contributed by atoms with van der Waals surface area (Å²) >= 11 is 11.8. The van der Waals surface area contributed by atoms with Crippen LogP contribution in [-0.2, 0) is 13.2 Å². The number of halogens is 2. The molecule has 0 atom stereocenters. The zero-order valence-corrected chi connectivity index (χ0v) is 11.9. The molecule has 2 rings (SSSR count). The maximum Gasteiger partial charge on any atom is 0.172 e. The first kappa shape index (κ1) is 14.6. The van der Waals surface area contributed by atoms with Crippen LogP contribution in [0.5, 0.6) is 5.75 Å². The SMILES string of the molecule is C=CCn1nnc(C=O)c1COc1ccc(Cl)cc1Cl. The third kappa shape index (κ3) is 3.18. The molecule has 0 aliphatic rings. The first-order valence-corrected chi connectivity index (χ1v) is 6.47. The number of rotatable bonds is 6. The smallest absolute Gasteiger partial charge is 0.172 e. The lowest BCUT2D eigenvalue weighted by atomic mass is 10.3. The second-order valence-electron chi connectivity index (χ2n) is 3.87. The molecule has 104 valence electrons.